The molecule has 1 aromatic rings. The summed E-state index contributed by atoms with van der Waals surface area (Å²) < 4.78 is 40.5. The van der Waals surface area contributed by atoms with E-state index >= 15 is 0 Å². The number of hydrogen-bond donors (Lipinski definition) is 1. The van der Waals surface area contributed by atoms with Crippen molar-refractivity contribution in [2.75, 3.05) is 19.7 Å². The number of nitrogens with two attached hydrogens (primary N) is 1. The van der Waals surface area contributed by atoms with Gasteiger partial charge in [-0.25, -0.2) is 4.98 Å². The van der Waals surface area contributed by atoms with Crippen LogP contribution in [-0.2, 0) is 0 Å². The van der Waals surface area contributed by atoms with Gasteiger partial charge in [-0.15, -0.1) is 12.4 Å². The predicted molar refractivity (Wildman–Crippen MR) is 76.1 cm³/mol. The molecule has 1 aromatic heterocycles. The van der Waals surface area contributed by atoms with E-state index in [2.05, 4.69) is 9.72 Å². The number of carbonyl (C=O) groups is 1. The van der Waals surface area contributed by atoms with Crippen molar-refractivity contribution in [1.82, 2.24) is 9.88 Å². The third-order valence-electron chi connectivity index (χ3n) is 3.19. The molecule has 1 aliphatic rings. The Labute approximate surface area is 132 Å². The molecule has 124 valence electrons. The number of aromatic nitrogens is 1. The highest BCUT2D eigenvalue weighted by atomic mass is 35.5. The fraction of sp³-hybridized carbons (Fsp3) is 0.538. The van der Waals surface area contributed by atoms with Crippen LogP contribution in [0.5, 0.6) is 5.88 Å². The molecule has 0 spiro atoms. The van der Waals surface area contributed by atoms with Crippen molar-refractivity contribution in [2.45, 2.75) is 25.1 Å². The molecule has 0 aliphatic carbocycles. The standard InChI is InChI=1S/C13H16F3N3O2.ClH/c14-13(15,16)8-21-11-2-1-9(7-18-11)12(20)19-5-3-10(17)4-6-19;/h1-2,7,10H,3-6,8,17H2;1H. The number of amides is 1. The van der Waals surface area contributed by atoms with Crippen LogP contribution >= 0.6 is 12.4 Å². The molecule has 0 unspecified atom stereocenters. The fourth-order valence-corrected chi connectivity index (χ4v) is 2.03. The van der Waals surface area contributed by atoms with Crippen molar-refractivity contribution in [3.8, 4) is 5.88 Å². The first-order valence-corrected chi connectivity index (χ1v) is 6.55. The molecule has 1 fully saturated rings. The quantitative estimate of drug-likeness (QED) is 0.914. The number of ether oxygens (including phenoxy) is 1. The number of likely N-dealkylation sites (tertiary alicyclic amines) is 1. The highest BCUT2D eigenvalue weighted by Gasteiger charge is 2.28. The maximum Gasteiger partial charge on any atom is 0.422 e. The molecular weight excluding hydrogens is 323 g/mol. The zero-order valence-electron chi connectivity index (χ0n) is 11.7. The van der Waals surface area contributed by atoms with Crippen LogP contribution in [-0.4, -0.2) is 47.7 Å². The van der Waals surface area contributed by atoms with Gasteiger partial charge in [0.25, 0.3) is 5.91 Å². The molecule has 5 nitrogen and oxygen atoms in total. The van der Waals surface area contributed by atoms with E-state index in [9.17, 15) is 18.0 Å². The lowest BCUT2D eigenvalue weighted by molar-refractivity contribution is -0.154. The van der Waals surface area contributed by atoms with E-state index in [1.165, 1.54) is 18.3 Å². The molecule has 1 saturated heterocycles. The average Bonchev–Trinajstić information content (AvgIpc) is 2.45. The normalized spacial score (nSPS) is 16.1. The Morgan fingerprint density at radius 3 is 2.50 bits per heavy atom. The fourth-order valence-electron chi connectivity index (χ4n) is 2.03. The zero-order chi connectivity index (χ0) is 15.5. The zero-order valence-corrected chi connectivity index (χ0v) is 12.5. The summed E-state index contributed by atoms with van der Waals surface area (Å²) >= 11 is 0. The molecule has 0 saturated carbocycles. The molecular formula is C13H17ClF3N3O2. The van der Waals surface area contributed by atoms with Crippen molar-refractivity contribution in [3.63, 3.8) is 0 Å². The summed E-state index contributed by atoms with van der Waals surface area (Å²) in [5, 5.41) is 0. The first-order valence-electron chi connectivity index (χ1n) is 6.55. The van der Waals surface area contributed by atoms with Gasteiger partial charge < -0.3 is 15.4 Å². The van der Waals surface area contributed by atoms with Crippen LogP contribution in [0.2, 0.25) is 0 Å². The van der Waals surface area contributed by atoms with Crippen molar-refractivity contribution in [1.29, 1.82) is 0 Å². The van der Waals surface area contributed by atoms with Crippen molar-refractivity contribution >= 4 is 18.3 Å². The third-order valence-corrected chi connectivity index (χ3v) is 3.19. The molecule has 2 rings (SSSR count). The Morgan fingerprint density at radius 1 is 1.36 bits per heavy atom. The monoisotopic (exact) mass is 339 g/mol. The highest BCUT2D eigenvalue weighted by molar-refractivity contribution is 5.94. The molecule has 0 aromatic carbocycles. The summed E-state index contributed by atoms with van der Waals surface area (Å²) in [5.41, 5.74) is 6.09. The summed E-state index contributed by atoms with van der Waals surface area (Å²) in [4.78, 5) is 17.5. The Hall–Kier alpha value is -1.54. The largest absolute Gasteiger partial charge is 0.468 e. The summed E-state index contributed by atoms with van der Waals surface area (Å²) in [6.45, 7) is -0.254. The molecule has 22 heavy (non-hydrogen) atoms. The van der Waals surface area contributed by atoms with Gasteiger partial charge in [-0.1, -0.05) is 0 Å². The Bertz CT molecular complexity index is 488. The van der Waals surface area contributed by atoms with Crippen molar-refractivity contribution in [3.05, 3.63) is 23.9 Å². The molecule has 0 bridgehead atoms. The second-order valence-electron chi connectivity index (χ2n) is 4.92. The number of hydrogen-bond acceptors (Lipinski definition) is 4. The van der Waals surface area contributed by atoms with Crippen LogP contribution in [0.3, 0.4) is 0 Å². The molecule has 1 aliphatic heterocycles. The van der Waals surface area contributed by atoms with Gasteiger partial charge >= 0.3 is 6.18 Å². The van der Waals surface area contributed by atoms with Gasteiger partial charge in [0.2, 0.25) is 5.88 Å². The second-order valence-corrected chi connectivity index (χ2v) is 4.92. The van der Waals surface area contributed by atoms with Gasteiger partial charge in [0, 0.05) is 31.4 Å². The van der Waals surface area contributed by atoms with E-state index in [1.54, 1.807) is 4.90 Å². The smallest absolute Gasteiger partial charge is 0.422 e. The first kappa shape index (κ1) is 18.5. The minimum atomic E-state index is -4.41. The molecule has 0 radical (unpaired) electrons. The molecule has 1 amide bonds. The summed E-state index contributed by atoms with van der Waals surface area (Å²) in [5.74, 6) is -0.360. The van der Waals surface area contributed by atoms with E-state index in [1.807, 2.05) is 0 Å². The van der Waals surface area contributed by atoms with Gasteiger partial charge in [0.15, 0.2) is 6.61 Å². The maximum atomic E-state index is 12.2. The molecule has 9 heteroatoms. The van der Waals surface area contributed by atoms with E-state index in [-0.39, 0.29) is 30.2 Å². The minimum absolute atomic E-state index is 0. The van der Waals surface area contributed by atoms with E-state index in [0.29, 0.717) is 18.7 Å². The highest BCUT2D eigenvalue weighted by Crippen LogP contribution is 2.18. The van der Waals surface area contributed by atoms with Crippen LogP contribution in [0.15, 0.2) is 18.3 Å². The van der Waals surface area contributed by atoms with Crippen molar-refractivity contribution < 1.29 is 22.7 Å². The topological polar surface area (TPSA) is 68.5 Å². The Morgan fingerprint density at radius 2 is 2.00 bits per heavy atom. The average molecular weight is 340 g/mol. The van der Waals surface area contributed by atoms with Crippen LogP contribution in [0.1, 0.15) is 23.2 Å². The third kappa shape index (κ3) is 5.34. The predicted octanol–water partition coefficient (Wildman–Crippen LogP) is 2.01. The second kappa shape index (κ2) is 7.64. The van der Waals surface area contributed by atoms with Crippen LogP contribution < -0.4 is 10.5 Å². The summed E-state index contributed by atoms with van der Waals surface area (Å²) in [6.07, 6.45) is -1.71. The first-order chi connectivity index (χ1) is 9.85. The number of piperidine rings is 1. The lowest BCUT2D eigenvalue weighted by atomic mass is 10.1. The van der Waals surface area contributed by atoms with Gasteiger partial charge in [-0.2, -0.15) is 13.2 Å². The lowest BCUT2D eigenvalue weighted by Crippen LogP contribution is -2.42. The summed E-state index contributed by atoms with van der Waals surface area (Å²) in [7, 11) is 0. The van der Waals surface area contributed by atoms with Gasteiger partial charge in [-0.05, 0) is 18.9 Å². The van der Waals surface area contributed by atoms with Crippen LogP contribution in [0.25, 0.3) is 0 Å². The Balaban J connectivity index is 0.00000242. The minimum Gasteiger partial charge on any atom is -0.468 e. The maximum absolute atomic E-state index is 12.2. The van der Waals surface area contributed by atoms with Gasteiger partial charge in [0.05, 0.1) is 5.56 Å². The van der Waals surface area contributed by atoms with Gasteiger partial charge in [0.1, 0.15) is 0 Å². The molecule has 2 N–H and O–H groups in total. The number of rotatable bonds is 3. The van der Waals surface area contributed by atoms with Crippen molar-refractivity contribution in [2.24, 2.45) is 5.73 Å². The lowest BCUT2D eigenvalue weighted by Gasteiger charge is -2.30. The number of pyridine rings is 1. The van der Waals surface area contributed by atoms with E-state index < -0.39 is 12.8 Å². The number of halogens is 4. The van der Waals surface area contributed by atoms with E-state index in [0.717, 1.165) is 12.8 Å². The Kier molecular flexibility index (Phi) is 6.43. The van der Waals surface area contributed by atoms with Crippen LogP contribution in [0, 0.1) is 0 Å². The molecule has 2 heterocycles. The number of alkyl halides is 3. The number of nitrogens with zero attached hydrogens (tertiary/aromatic N) is 2. The summed E-state index contributed by atoms with van der Waals surface area (Å²) in [6, 6.07) is 2.79. The van der Waals surface area contributed by atoms with Crippen LogP contribution in [0.4, 0.5) is 13.2 Å². The molecule has 0 atom stereocenters. The van der Waals surface area contributed by atoms with E-state index in [4.69, 9.17) is 5.73 Å². The SMILES string of the molecule is Cl.NC1CCN(C(=O)c2ccc(OCC(F)(F)F)nc2)CC1. The number of carbonyl (C=O) groups excluding carboxylic acids is 1. The van der Waals surface area contributed by atoms with Gasteiger partial charge in [-0.3, -0.25) is 4.79 Å².